The Balaban J connectivity index is 1.40. The highest BCUT2D eigenvalue weighted by Gasteiger charge is 2.44. The maximum absolute atomic E-state index is 11.1. The normalized spacial score (nSPS) is 16.8. The van der Waals surface area contributed by atoms with Crippen LogP contribution in [0.15, 0.2) is 60.7 Å². The lowest BCUT2D eigenvalue weighted by atomic mass is 9.94. The van der Waals surface area contributed by atoms with Crippen LogP contribution in [0.25, 0.3) is 11.1 Å². The predicted molar refractivity (Wildman–Crippen MR) is 133 cm³/mol. The summed E-state index contributed by atoms with van der Waals surface area (Å²) in [7, 11) is 0. The molecule has 1 fully saturated rings. The van der Waals surface area contributed by atoms with E-state index in [1.807, 2.05) is 31.2 Å². The molecule has 34 heavy (non-hydrogen) atoms. The van der Waals surface area contributed by atoms with Crippen molar-refractivity contribution in [3.63, 3.8) is 0 Å². The largest absolute Gasteiger partial charge is 0.491 e. The van der Waals surface area contributed by atoms with Crippen LogP contribution < -0.4 is 9.47 Å². The van der Waals surface area contributed by atoms with Crippen LogP contribution >= 0.6 is 0 Å². The van der Waals surface area contributed by atoms with Crippen LogP contribution in [0.5, 0.6) is 11.5 Å². The van der Waals surface area contributed by atoms with Gasteiger partial charge in [0.2, 0.25) is 0 Å². The van der Waals surface area contributed by atoms with Crippen LogP contribution in [0, 0.1) is 19.8 Å². The minimum absolute atomic E-state index is 0.135. The van der Waals surface area contributed by atoms with Gasteiger partial charge in [-0.1, -0.05) is 30.3 Å². The third-order valence-electron chi connectivity index (χ3n) is 6.24. The maximum atomic E-state index is 11.1. The Morgan fingerprint density at radius 1 is 0.941 bits per heavy atom. The number of carboxylic acids is 1. The second-order valence-electron chi connectivity index (χ2n) is 8.82. The molecule has 0 aliphatic heterocycles. The number of hydrogen-bond donors (Lipinski definition) is 1. The van der Waals surface area contributed by atoms with E-state index in [4.69, 9.17) is 19.3 Å². The Labute approximate surface area is 201 Å². The number of aliphatic carboxylic acids is 1. The van der Waals surface area contributed by atoms with E-state index < -0.39 is 5.97 Å². The van der Waals surface area contributed by atoms with Crippen molar-refractivity contribution in [2.24, 2.45) is 5.92 Å². The molecule has 1 aliphatic rings. The van der Waals surface area contributed by atoms with Crippen molar-refractivity contribution in [3.05, 3.63) is 82.9 Å². The molecule has 5 heteroatoms. The molecule has 5 nitrogen and oxygen atoms in total. The molecule has 0 bridgehead atoms. The highest BCUT2D eigenvalue weighted by Crippen LogP contribution is 2.47. The Morgan fingerprint density at radius 3 is 2.32 bits per heavy atom. The zero-order chi connectivity index (χ0) is 24.1. The quantitative estimate of drug-likeness (QED) is 0.348. The van der Waals surface area contributed by atoms with Crippen LogP contribution in [-0.4, -0.2) is 30.9 Å². The smallest absolute Gasteiger partial charge is 0.307 e. The Kier molecular flexibility index (Phi) is 7.53. The zero-order valence-corrected chi connectivity index (χ0v) is 20.0. The number of rotatable bonds is 11. The van der Waals surface area contributed by atoms with E-state index in [1.165, 1.54) is 16.7 Å². The summed E-state index contributed by atoms with van der Waals surface area (Å²) in [4.78, 5) is 11.1. The van der Waals surface area contributed by atoms with Gasteiger partial charge in [-0.05, 0) is 96.8 Å². The molecule has 0 aromatic heterocycles. The standard InChI is InChI=1S/C29H32O5/c1-4-32-12-13-33-25-14-19(2)28(20(3)15-25)23-7-5-6-21(16-23)18-34-24-10-8-22(9-11-24)26-17-27(26)29(30)31/h5-11,14-16,26-27H,4,12-13,17-18H2,1-3H3,(H,30,31). The minimum atomic E-state index is -0.709. The Morgan fingerprint density at radius 2 is 1.68 bits per heavy atom. The van der Waals surface area contributed by atoms with Gasteiger partial charge in [-0.25, -0.2) is 0 Å². The Hall–Kier alpha value is -3.31. The molecule has 0 amide bonds. The molecule has 4 rings (SSSR count). The number of aryl methyl sites for hydroxylation is 2. The van der Waals surface area contributed by atoms with Gasteiger partial charge in [0.1, 0.15) is 24.7 Å². The predicted octanol–water partition coefficient (Wildman–Crippen LogP) is 6.15. The molecule has 3 aromatic carbocycles. The molecule has 1 N–H and O–H groups in total. The molecule has 0 saturated heterocycles. The molecule has 0 spiro atoms. The molecule has 1 saturated carbocycles. The fraction of sp³-hybridized carbons (Fsp3) is 0.345. The highest BCUT2D eigenvalue weighted by molar-refractivity contribution is 5.75. The van der Waals surface area contributed by atoms with Gasteiger partial charge in [0, 0.05) is 6.61 Å². The summed E-state index contributed by atoms with van der Waals surface area (Å²) >= 11 is 0. The summed E-state index contributed by atoms with van der Waals surface area (Å²) in [6.07, 6.45) is 0.724. The van der Waals surface area contributed by atoms with E-state index in [0.717, 1.165) is 34.6 Å². The van der Waals surface area contributed by atoms with E-state index in [2.05, 4.69) is 50.2 Å². The van der Waals surface area contributed by atoms with Gasteiger partial charge in [0.05, 0.1) is 12.5 Å². The lowest BCUT2D eigenvalue weighted by Crippen LogP contribution is -2.06. The zero-order valence-electron chi connectivity index (χ0n) is 20.0. The van der Waals surface area contributed by atoms with Crippen LogP contribution in [0.4, 0.5) is 0 Å². The van der Waals surface area contributed by atoms with Crippen molar-refractivity contribution in [3.8, 4) is 22.6 Å². The van der Waals surface area contributed by atoms with Gasteiger partial charge in [-0.2, -0.15) is 0 Å². The van der Waals surface area contributed by atoms with E-state index in [0.29, 0.717) is 26.4 Å². The van der Waals surface area contributed by atoms with Crippen molar-refractivity contribution in [1.29, 1.82) is 0 Å². The molecule has 3 aromatic rings. The van der Waals surface area contributed by atoms with Crippen LogP contribution in [0.2, 0.25) is 0 Å². The second kappa shape index (κ2) is 10.7. The van der Waals surface area contributed by atoms with E-state index >= 15 is 0 Å². The first-order valence-electron chi connectivity index (χ1n) is 11.8. The average Bonchev–Trinajstić information content (AvgIpc) is 3.62. The Bertz CT molecular complexity index is 1110. The van der Waals surface area contributed by atoms with Crippen LogP contribution in [-0.2, 0) is 16.1 Å². The van der Waals surface area contributed by atoms with Crippen molar-refractivity contribution in [2.75, 3.05) is 19.8 Å². The summed E-state index contributed by atoms with van der Waals surface area (Å²) in [6.45, 7) is 8.48. The lowest BCUT2D eigenvalue weighted by molar-refractivity contribution is -0.138. The topological polar surface area (TPSA) is 65.0 Å². The third kappa shape index (κ3) is 5.78. The number of hydrogen-bond acceptors (Lipinski definition) is 4. The highest BCUT2D eigenvalue weighted by atomic mass is 16.5. The average molecular weight is 461 g/mol. The first kappa shape index (κ1) is 23.8. The molecular weight excluding hydrogens is 428 g/mol. The van der Waals surface area contributed by atoms with Gasteiger partial charge >= 0.3 is 5.97 Å². The van der Waals surface area contributed by atoms with Gasteiger partial charge < -0.3 is 19.3 Å². The van der Waals surface area contributed by atoms with Gasteiger partial charge in [0.25, 0.3) is 0 Å². The number of carbonyl (C=O) groups is 1. The fourth-order valence-corrected chi connectivity index (χ4v) is 4.46. The minimum Gasteiger partial charge on any atom is -0.491 e. The molecule has 0 heterocycles. The van der Waals surface area contributed by atoms with Gasteiger partial charge in [-0.15, -0.1) is 0 Å². The van der Waals surface area contributed by atoms with Gasteiger partial charge in [0.15, 0.2) is 0 Å². The van der Waals surface area contributed by atoms with Crippen molar-refractivity contribution in [2.45, 2.75) is 39.7 Å². The molecular formula is C29H32O5. The van der Waals surface area contributed by atoms with E-state index in [-0.39, 0.29) is 11.8 Å². The molecule has 1 aliphatic carbocycles. The molecule has 178 valence electrons. The SMILES string of the molecule is CCOCCOc1cc(C)c(-c2cccc(COc3ccc(C4CC4C(=O)O)cc3)c2)c(C)c1. The number of benzene rings is 3. The van der Waals surface area contributed by atoms with Crippen molar-refractivity contribution >= 4 is 5.97 Å². The lowest BCUT2D eigenvalue weighted by Gasteiger charge is -2.15. The number of ether oxygens (including phenoxy) is 3. The third-order valence-corrected chi connectivity index (χ3v) is 6.24. The van der Waals surface area contributed by atoms with E-state index in [1.54, 1.807) is 0 Å². The molecule has 2 atom stereocenters. The monoisotopic (exact) mass is 460 g/mol. The molecule has 2 unspecified atom stereocenters. The van der Waals surface area contributed by atoms with Crippen molar-refractivity contribution in [1.82, 2.24) is 0 Å². The second-order valence-corrected chi connectivity index (χ2v) is 8.82. The van der Waals surface area contributed by atoms with Crippen LogP contribution in [0.3, 0.4) is 0 Å². The first-order chi connectivity index (χ1) is 16.5. The summed E-state index contributed by atoms with van der Waals surface area (Å²) in [5.41, 5.74) is 6.85. The van der Waals surface area contributed by atoms with Crippen molar-refractivity contribution < 1.29 is 24.1 Å². The summed E-state index contributed by atoms with van der Waals surface area (Å²) in [5.74, 6) is 0.831. The number of carboxylic acid groups (broad SMARTS) is 1. The van der Waals surface area contributed by atoms with Crippen LogP contribution in [0.1, 0.15) is 41.5 Å². The molecule has 0 radical (unpaired) electrons. The first-order valence-corrected chi connectivity index (χ1v) is 11.8. The van der Waals surface area contributed by atoms with E-state index in [9.17, 15) is 4.79 Å². The summed E-state index contributed by atoms with van der Waals surface area (Å²) in [6, 6.07) is 20.4. The van der Waals surface area contributed by atoms with Gasteiger partial charge in [-0.3, -0.25) is 4.79 Å². The summed E-state index contributed by atoms with van der Waals surface area (Å²) < 4.78 is 17.2. The fourth-order valence-electron chi connectivity index (χ4n) is 4.46. The summed E-state index contributed by atoms with van der Waals surface area (Å²) in [5, 5.41) is 9.12. The maximum Gasteiger partial charge on any atom is 0.307 e.